The molecule has 1 heterocycles. The Morgan fingerprint density at radius 2 is 1.74 bits per heavy atom. The highest BCUT2D eigenvalue weighted by atomic mass is 19.1. The van der Waals surface area contributed by atoms with E-state index < -0.39 is 0 Å². The molecule has 138 valence electrons. The summed E-state index contributed by atoms with van der Waals surface area (Å²) in [6.07, 6.45) is 1.64. The van der Waals surface area contributed by atoms with Crippen molar-refractivity contribution in [2.75, 3.05) is 11.9 Å². The Morgan fingerprint density at radius 3 is 2.41 bits per heavy atom. The van der Waals surface area contributed by atoms with Crippen molar-refractivity contribution in [2.45, 2.75) is 13.8 Å². The molecule has 6 heteroatoms. The maximum absolute atomic E-state index is 13.1. The number of nitrogens with zero attached hydrogens (tertiary/aromatic N) is 2. The Hall–Kier alpha value is -3.28. The highest BCUT2D eigenvalue weighted by molar-refractivity contribution is 5.94. The highest BCUT2D eigenvalue weighted by Crippen LogP contribution is 2.19. The van der Waals surface area contributed by atoms with Crippen molar-refractivity contribution in [3.63, 3.8) is 0 Å². The fourth-order valence-electron chi connectivity index (χ4n) is 2.42. The summed E-state index contributed by atoms with van der Waals surface area (Å²) >= 11 is 0. The van der Waals surface area contributed by atoms with Gasteiger partial charge in [-0.1, -0.05) is 13.8 Å². The number of nitrogens with one attached hydrogen (secondary N) is 2. The van der Waals surface area contributed by atoms with Crippen LogP contribution >= 0.6 is 0 Å². The second kappa shape index (κ2) is 8.40. The number of hydrogen-bond donors (Lipinski definition) is 2. The molecule has 0 fully saturated rings. The molecule has 2 aromatic carbocycles. The van der Waals surface area contributed by atoms with Crippen LogP contribution in [0, 0.1) is 11.7 Å². The van der Waals surface area contributed by atoms with Crippen molar-refractivity contribution in [1.29, 1.82) is 0 Å². The van der Waals surface area contributed by atoms with Crippen molar-refractivity contribution in [1.82, 2.24) is 15.3 Å². The molecule has 0 bridgehead atoms. The molecular weight excluding hydrogens is 343 g/mol. The molecule has 27 heavy (non-hydrogen) atoms. The number of halogens is 1. The summed E-state index contributed by atoms with van der Waals surface area (Å²) in [5, 5.41) is 6.08. The normalized spacial score (nSPS) is 10.7. The summed E-state index contributed by atoms with van der Waals surface area (Å²) in [5.74, 6) is 1.13. The molecule has 0 unspecified atom stereocenters. The molecule has 0 aliphatic heterocycles. The molecule has 0 saturated carbocycles. The Labute approximate surface area is 157 Å². The number of carbonyl (C=O) groups is 1. The van der Waals surface area contributed by atoms with Gasteiger partial charge in [0.1, 0.15) is 11.6 Å². The van der Waals surface area contributed by atoms with Crippen LogP contribution in [0.4, 0.5) is 15.9 Å². The Morgan fingerprint density at radius 1 is 1.04 bits per heavy atom. The number of carbonyl (C=O) groups excluding carboxylic acids is 1. The lowest BCUT2D eigenvalue weighted by atomic mass is 10.1. The SMILES string of the molecule is CC(C)CNC(=O)c1ccc(Nc2ccnc(-c3ccc(F)cc3)n2)cc1. The van der Waals surface area contributed by atoms with Gasteiger partial charge in [-0.25, -0.2) is 14.4 Å². The summed E-state index contributed by atoms with van der Waals surface area (Å²) in [7, 11) is 0. The molecule has 0 aliphatic carbocycles. The number of amides is 1. The third-order valence-electron chi connectivity index (χ3n) is 3.85. The smallest absolute Gasteiger partial charge is 0.251 e. The lowest BCUT2D eigenvalue weighted by molar-refractivity contribution is 0.0949. The first-order valence-corrected chi connectivity index (χ1v) is 8.75. The summed E-state index contributed by atoms with van der Waals surface area (Å²) in [5.41, 5.74) is 2.15. The number of anilines is 2. The van der Waals surface area contributed by atoms with Crippen LogP contribution in [0.2, 0.25) is 0 Å². The number of aromatic nitrogens is 2. The number of benzene rings is 2. The predicted molar refractivity (Wildman–Crippen MR) is 104 cm³/mol. The van der Waals surface area contributed by atoms with E-state index in [9.17, 15) is 9.18 Å². The lowest BCUT2D eigenvalue weighted by Gasteiger charge is -2.09. The van der Waals surface area contributed by atoms with Crippen LogP contribution in [0.5, 0.6) is 0 Å². The van der Waals surface area contributed by atoms with Gasteiger partial charge in [0.2, 0.25) is 0 Å². The minimum absolute atomic E-state index is 0.0871. The van der Waals surface area contributed by atoms with E-state index in [0.29, 0.717) is 29.7 Å². The van der Waals surface area contributed by atoms with Gasteiger partial charge < -0.3 is 10.6 Å². The topological polar surface area (TPSA) is 66.9 Å². The fourth-order valence-corrected chi connectivity index (χ4v) is 2.42. The van der Waals surface area contributed by atoms with Gasteiger partial charge >= 0.3 is 0 Å². The van der Waals surface area contributed by atoms with Gasteiger partial charge in [-0.15, -0.1) is 0 Å². The molecule has 3 aromatic rings. The average molecular weight is 364 g/mol. The van der Waals surface area contributed by atoms with Crippen LogP contribution in [0.25, 0.3) is 11.4 Å². The van der Waals surface area contributed by atoms with E-state index in [1.165, 1.54) is 12.1 Å². The molecular formula is C21H21FN4O. The summed E-state index contributed by atoms with van der Waals surface area (Å²) in [6.45, 7) is 4.75. The minimum Gasteiger partial charge on any atom is -0.352 e. The molecule has 0 radical (unpaired) electrons. The zero-order valence-corrected chi connectivity index (χ0v) is 15.2. The Balaban J connectivity index is 1.69. The fraction of sp³-hybridized carbons (Fsp3) is 0.190. The van der Waals surface area contributed by atoms with Gasteiger partial charge in [0.25, 0.3) is 5.91 Å². The molecule has 0 spiro atoms. The monoisotopic (exact) mass is 364 g/mol. The molecule has 1 amide bonds. The second-order valence-corrected chi connectivity index (χ2v) is 6.58. The van der Waals surface area contributed by atoms with E-state index >= 15 is 0 Å². The van der Waals surface area contributed by atoms with E-state index in [1.54, 1.807) is 36.5 Å². The van der Waals surface area contributed by atoms with E-state index in [1.807, 2.05) is 12.1 Å². The van der Waals surface area contributed by atoms with Crippen molar-refractivity contribution in [2.24, 2.45) is 5.92 Å². The highest BCUT2D eigenvalue weighted by Gasteiger charge is 2.07. The molecule has 3 rings (SSSR count). The Kier molecular flexibility index (Phi) is 5.76. The average Bonchev–Trinajstić information content (AvgIpc) is 2.67. The predicted octanol–water partition coefficient (Wildman–Crippen LogP) is 4.41. The van der Waals surface area contributed by atoms with Gasteiger partial charge in [-0.3, -0.25) is 4.79 Å². The van der Waals surface area contributed by atoms with Gasteiger partial charge in [0.15, 0.2) is 5.82 Å². The van der Waals surface area contributed by atoms with Crippen LogP contribution in [0.3, 0.4) is 0 Å². The maximum Gasteiger partial charge on any atom is 0.251 e. The molecule has 0 atom stereocenters. The largest absolute Gasteiger partial charge is 0.352 e. The van der Waals surface area contributed by atoms with Crippen LogP contribution in [0.15, 0.2) is 60.8 Å². The molecule has 2 N–H and O–H groups in total. The molecule has 5 nitrogen and oxygen atoms in total. The first-order chi connectivity index (χ1) is 13.0. The van der Waals surface area contributed by atoms with Gasteiger partial charge in [0.05, 0.1) is 0 Å². The maximum atomic E-state index is 13.1. The lowest BCUT2D eigenvalue weighted by Crippen LogP contribution is -2.27. The van der Waals surface area contributed by atoms with Crippen LogP contribution in [-0.2, 0) is 0 Å². The van der Waals surface area contributed by atoms with E-state index in [-0.39, 0.29) is 11.7 Å². The van der Waals surface area contributed by atoms with E-state index in [4.69, 9.17) is 0 Å². The summed E-state index contributed by atoms with van der Waals surface area (Å²) < 4.78 is 13.1. The van der Waals surface area contributed by atoms with Gasteiger partial charge in [-0.2, -0.15) is 0 Å². The zero-order valence-electron chi connectivity index (χ0n) is 15.2. The molecule has 1 aromatic heterocycles. The minimum atomic E-state index is -0.300. The van der Waals surface area contributed by atoms with Crippen LogP contribution < -0.4 is 10.6 Å². The first kappa shape index (κ1) is 18.5. The third-order valence-corrected chi connectivity index (χ3v) is 3.85. The van der Waals surface area contributed by atoms with E-state index in [2.05, 4.69) is 34.4 Å². The summed E-state index contributed by atoms with van der Waals surface area (Å²) in [4.78, 5) is 20.7. The van der Waals surface area contributed by atoms with Crippen molar-refractivity contribution >= 4 is 17.4 Å². The second-order valence-electron chi connectivity index (χ2n) is 6.58. The van der Waals surface area contributed by atoms with Gasteiger partial charge in [0, 0.05) is 29.6 Å². The standard InChI is InChI=1S/C21H21FN4O/c1-14(2)13-24-21(27)16-5-9-18(10-6-16)25-19-11-12-23-20(26-19)15-3-7-17(22)8-4-15/h3-12,14H,13H2,1-2H3,(H,24,27)(H,23,25,26). The quantitative estimate of drug-likeness (QED) is 0.680. The molecule has 0 aliphatic rings. The van der Waals surface area contributed by atoms with Gasteiger partial charge in [-0.05, 0) is 60.5 Å². The van der Waals surface area contributed by atoms with E-state index in [0.717, 1.165) is 11.3 Å². The third kappa shape index (κ3) is 5.10. The summed E-state index contributed by atoms with van der Waals surface area (Å²) in [6, 6.07) is 15.0. The van der Waals surface area contributed by atoms with Crippen LogP contribution in [-0.4, -0.2) is 22.4 Å². The Bertz CT molecular complexity index is 908. The van der Waals surface area contributed by atoms with Crippen molar-refractivity contribution in [3.8, 4) is 11.4 Å². The number of rotatable bonds is 6. The van der Waals surface area contributed by atoms with Crippen molar-refractivity contribution < 1.29 is 9.18 Å². The zero-order chi connectivity index (χ0) is 19.2. The molecule has 0 saturated heterocycles. The van der Waals surface area contributed by atoms with Crippen molar-refractivity contribution in [3.05, 3.63) is 72.2 Å². The van der Waals surface area contributed by atoms with Crippen LogP contribution in [0.1, 0.15) is 24.2 Å². The number of hydrogen-bond acceptors (Lipinski definition) is 4. The first-order valence-electron chi connectivity index (χ1n) is 8.75.